The van der Waals surface area contributed by atoms with Crippen molar-refractivity contribution in [3.05, 3.63) is 34.9 Å². The minimum Gasteiger partial charge on any atom is -0.392 e. The fourth-order valence-electron chi connectivity index (χ4n) is 2.65. The van der Waals surface area contributed by atoms with Gasteiger partial charge in [0.15, 0.2) is 0 Å². The minimum absolute atomic E-state index is 0.127. The van der Waals surface area contributed by atoms with E-state index in [1.807, 2.05) is 6.08 Å². The number of ether oxygens (including phenoxy) is 1. The molecule has 0 aromatic carbocycles. The Morgan fingerprint density at radius 1 is 0.909 bits per heavy atom. The predicted molar refractivity (Wildman–Crippen MR) is 95.0 cm³/mol. The molecule has 0 bridgehead atoms. The summed E-state index contributed by atoms with van der Waals surface area (Å²) < 4.78 is 5.62. The van der Waals surface area contributed by atoms with Gasteiger partial charge in [0.25, 0.3) is 0 Å². The average Bonchev–Trinajstić information content (AvgIpc) is 3.04. The first-order valence-corrected chi connectivity index (χ1v) is 8.60. The molecule has 126 valence electrons. The molecule has 0 amide bonds. The predicted octanol–water partition coefficient (Wildman–Crippen LogP) is 5.34. The number of aliphatic hydroxyl groups excluding tert-OH is 1. The second kappa shape index (κ2) is 9.32. The van der Waals surface area contributed by atoms with Crippen molar-refractivity contribution in [2.45, 2.75) is 84.8 Å². The molecule has 0 spiro atoms. The molecule has 22 heavy (non-hydrogen) atoms. The van der Waals surface area contributed by atoms with Crippen LogP contribution in [0.3, 0.4) is 0 Å². The maximum Gasteiger partial charge on any atom is 0.0892 e. The van der Waals surface area contributed by atoms with Crippen molar-refractivity contribution < 1.29 is 9.84 Å². The van der Waals surface area contributed by atoms with Crippen LogP contribution in [0.4, 0.5) is 0 Å². The third-order valence-electron chi connectivity index (χ3n) is 4.47. The van der Waals surface area contributed by atoms with E-state index in [2.05, 4.69) is 46.8 Å². The molecule has 1 atom stereocenters. The number of hydrogen-bond acceptors (Lipinski definition) is 2. The number of rotatable bonds is 10. The van der Waals surface area contributed by atoms with Crippen molar-refractivity contribution in [2.24, 2.45) is 0 Å². The molecule has 0 saturated carbocycles. The Kier molecular flexibility index (Phi) is 8.13. The maximum atomic E-state index is 8.82. The van der Waals surface area contributed by atoms with Crippen molar-refractivity contribution in [3.8, 4) is 0 Å². The lowest BCUT2D eigenvalue weighted by Gasteiger charge is -2.03. The zero-order valence-corrected chi connectivity index (χ0v) is 15.1. The van der Waals surface area contributed by atoms with Gasteiger partial charge in [0, 0.05) is 0 Å². The van der Waals surface area contributed by atoms with Crippen LogP contribution in [-0.2, 0) is 4.74 Å². The van der Waals surface area contributed by atoms with Crippen LogP contribution in [-0.4, -0.2) is 23.4 Å². The second-order valence-electron chi connectivity index (χ2n) is 7.16. The van der Waals surface area contributed by atoms with E-state index < -0.39 is 0 Å². The lowest BCUT2D eigenvalue weighted by atomic mass is 10.0. The molecule has 1 fully saturated rings. The second-order valence-corrected chi connectivity index (χ2v) is 7.16. The van der Waals surface area contributed by atoms with Crippen molar-refractivity contribution in [3.63, 3.8) is 0 Å². The summed E-state index contributed by atoms with van der Waals surface area (Å²) in [5.41, 5.74) is 4.35. The van der Waals surface area contributed by atoms with Crippen molar-refractivity contribution in [1.29, 1.82) is 0 Å². The van der Waals surface area contributed by atoms with E-state index in [0.29, 0.717) is 6.10 Å². The molecule has 0 radical (unpaired) electrons. The van der Waals surface area contributed by atoms with Crippen LogP contribution in [0, 0.1) is 0 Å². The summed E-state index contributed by atoms with van der Waals surface area (Å²) in [4.78, 5) is 0. The molecule has 2 nitrogen and oxygen atoms in total. The van der Waals surface area contributed by atoms with Crippen molar-refractivity contribution >= 4 is 0 Å². The molecule has 1 rings (SSSR count). The fourth-order valence-corrected chi connectivity index (χ4v) is 2.65. The minimum atomic E-state index is 0.127. The maximum absolute atomic E-state index is 8.82. The molecule has 1 aliphatic rings. The number of aliphatic hydroxyl groups is 1. The first-order valence-electron chi connectivity index (χ1n) is 8.60. The quantitative estimate of drug-likeness (QED) is 0.437. The SMILES string of the molecule is C/C(=C/CO)CC/C=C(\C)CC/C=C(\C)CC[C@H]1OC1(C)C. The molecule has 1 heterocycles. The Bertz CT molecular complexity index is 427. The highest BCUT2D eigenvalue weighted by atomic mass is 16.6. The lowest BCUT2D eigenvalue weighted by molar-refractivity contribution is 0.320. The molecule has 2 heteroatoms. The van der Waals surface area contributed by atoms with Gasteiger partial charge < -0.3 is 9.84 Å². The first-order chi connectivity index (χ1) is 10.3. The topological polar surface area (TPSA) is 32.8 Å². The van der Waals surface area contributed by atoms with Gasteiger partial charge >= 0.3 is 0 Å². The number of hydrogen-bond donors (Lipinski definition) is 1. The van der Waals surface area contributed by atoms with Crippen LogP contribution in [0.15, 0.2) is 34.9 Å². The average molecular weight is 306 g/mol. The first kappa shape index (κ1) is 19.2. The van der Waals surface area contributed by atoms with E-state index in [-0.39, 0.29) is 12.2 Å². The third kappa shape index (κ3) is 7.95. The number of epoxide rings is 1. The highest BCUT2D eigenvalue weighted by molar-refractivity contribution is 5.07. The smallest absolute Gasteiger partial charge is 0.0892 e. The summed E-state index contributed by atoms with van der Waals surface area (Å²) >= 11 is 0. The van der Waals surface area contributed by atoms with Gasteiger partial charge in [0.1, 0.15) is 0 Å². The van der Waals surface area contributed by atoms with Gasteiger partial charge in [0.05, 0.1) is 18.3 Å². The molecule has 0 aromatic heterocycles. The molecular weight excluding hydrogens is 272 g/mol. The van der Waals surface area contributed by atoms with Gasteiger partial charge in [-0.25, -0.2) is 0 Å². The lowest BCUT2D eigenvalue weighted by Crippen LogP contribution is -2.02. The Hall–Kier alpha value is -0.860. The summed E-state index contributed by atoms with van der Waals surface area (Å²) in [5, 5.41) is 8.82. The Balaban J connectivity index is 2.16. The number of allylic oxidation sites excluding steroid dienone is 5. The van der Waals surface area contributed by atoms with E-state index >= 15 is 0 Å². The zero-order chi connectivity index (χ0) is 16.6. The molecule has 0 unspecified atom stereocenters. The summed E-state index contributed by atoms with van der Waals surface area (Å²) in [6, 6.07) is 0. The highest BCUT2D eigenvalue weighted by Crippen LogP contribution is 2.38. The summed E-state index contributed by atoms with van der Waals surface area (Å²) in [7, 11) is 0. The summed E-state index contributed by atoms with van der Waals surface area (Å²) in [5.74, 6) is 0. The molecule has 1 N–H and O–H groups in total. The molecule has 0 aliphatic carbocycles. The Labute approximate surface area is 137 Å². The van der Waals surface area contributed by atoms with Gasteiger partial charge in [-0.3, -0.25) is 0 Å². The van der Waals surface area contributed by atoms with Gasteiger partial charge in [-0.2, -0.15) is 0 Å². The standard InChI is InChI=1S/C20H34O2/c1-16(9-7-11-18(3)14-15-21)8-6-10-17(2)12-13-19-20(4,5)22-19/h9-10,14,19,21H,6-8,11-13,15H2,1-5H3/b16-9+,17-10+,18-14-/t19-/m1/s1. The van der Waals surface area contributed by atoms with E-state index in [9.17, 15) is 0 Å². The molecule has 0 aromatic rings. The Morgan fingerprint density at radius 3 is 1.82 bits per heavy atom. The normalized spacial score (nSPS) is 22.1. The fraction of sp³-hybridized carbons (Fsp3) is 0.700. The van der Waals surface area contributed by atoms with E-state index in [0.717, 1.165) is 38.5 Å². The van der Waals surface area contributed by atoms with Crippen LogP contribution in [0.5, 0.6) is 0 Å². The van der Waals surface area contributed by atoms with E-state index in [1.165, 1.54) is 16.7 Å². The summed E-state index contributed by atoms with van der Waals surface area (Å²) in [6.07, 6.45) is 13.8. The monoisotopic (exact) mass is 306 g/mol. The van der Waals surface area contributed by atoms with Crippen LogP contribution < -0.4 is 0 Å². The molecule has 1 aliphatic heterocycles. The van der Waals surface area contributed by atoms with Gasteiger partial charge in [-0.15, -0.1) is 0 Å². The van der Waals surface area contributed by atoms with Gasteiger partial charge in [-0.1, -0.05) is 34.9 Å². The van der Waals surface area contributed by atoms with Gasteiger partial charge in [0.2, 0.25) is 0 Å². The van der Waals surface area contributed by atoms with Crippen LogP contribution in [0.25, 0.3) is 0 Å². The molecule has 1 saturated heterocycles. The third-order valence-corrected chi connectivity index (χ3v) is 4.47. The van der Waals surface area contributed by atoms with Crippen LogP contribution in [0.1, 0.15) is 73.1 Å². The van der Waals surface area contributed by atoms with E-state index in [4.69, 9.17) is 9.84 Å². The molecular formula is C20H34O2. The van der Waals surface area contributed by atoms with Crippen molar-refractivity contribution in [1.82, 2.24) is 0 Å². The van der Waals surface area contributed by atoms with Crippen molar-refractivity contribution in [2.75, 3.05) is 6.61 Å². The van der Waals surface area contributed by atoms with Gasteiger partial charge in [-0.05, 0) is 73.1 Å². The highest BCUT2D eigenvalue weighted by Gasteiger charge is 2.46. The van der Waals surface area contributed by atoms with E-state index in [1.54, 1.807) is 0 Å². The van der Waals surface area contributed by atoms with Crippen LogP contribution >= 0.6 is 0 Å². The largest absolute Gasteiger partial charge is 0.392 e. The Morgan fingerprint density at radius 2 is 1.36 bits per heavy atom. The zero-order valence-electron chi connectivity index (χ0n) is 15.1. The van der Waals surface area contributed by atoms with Crippen LogP contribution in [0.2, 0.25) is 0 Å². The summed E-state index contributed by atoms with van der Waals surface area (Å²) in [6.45, 7) is 11.0.